The fraction of sp³-hybridized carbons (Fsp3) is 0.500. The molecule has 0 radical (unpaired) electrons. The molecule has 0 bridgehead atoms. The van der Waals surface area contributed by atoms with Crippen molar-refractivity contribution in [3.8, 4) is 0 Å². The smallest absolute Gasteiger partial charge is 0.0364 e. The molecule has 0 unspecified atom stereocenters. The van der Waals surface area contributed by atoms with Crippen molar-refractivity contribution in [2.24, 2.45) is 0 Å². The van der Waals surface area contributed by atoms with Crippen LogP contribution in [0.3, 0.4) is 0 Å². The van der Waals surface area contributed by atoms with E-state index >= 15 is 0 Å². The van der Waals surface area contributed by atoms with Crippen LogP contribution in [-0.4, -0.2) is 32.6 Å². The molecule has 0 aromatic heterocycles. The van der Waals surface area contributed by atoms with Gasteiger partial charge in [0.25, 0.3) is 0 Å². The summed E-state index contributed by atoms with van der Waals surface area (Å²) < 4.78 is 0. The standard InChI is InChI=1S/C12H18N2/c1-13(2)12-5-4-10-6-7-14(3)9-11(10)8-12/h4-5,8H,6-7,9H2,1-3H3. The molecule has 1 aliphatic rings. The van der Waals surface area contributed by atoms with Crippen LogP contribution in [0.25, 0.3) is 0 Å². The summed E-state index contributed by atoms with van der Waals surface area (Å²) in [6.45, 7) is 2.28. The van der Waals surface area contributed by atoms with Gasteiger partial charge in [-0.2, -0.15) is 0 Å². The molecule has 0 amide bonds. The lowest BCUT2D eigenvalue weighted by Gasteiger charge is -2.26. The zero-order valence-electron chi connectivity index (χ0n) is 9.25. The molecule has 0 spiro atoms. The fourth-order valence-corrected chi connectivity index (χ4v) is 1.96. The second-order valence-electron chi connectivity index (χ2n) is 4.34. The number of hydrogen-bond acceptors (Lipinski definition) is 2. The van der Waals surface area contributed by atoms with Gasteiger partial charge in [0.1, 0.15) is 0 Å². The van der Waals surface area contributed by atoms with Gasteiger partial charge in [-0.15, -0.1) is 0 Å². The number of likely N-dealkylation sites (N-methyl/N-ethyl adjacent to an activating group) is 1. The predicted molar refractivity (Wildman–Crippen MR) is 60.8 cm³/mol. The van der Waals surface area contributed by atoms with Crippen LogP contribution in [0, 0.1) is 0 Å². The quantitative estimate of drug-likeness (QED) is 0.665. The van der Waals surface area contributed by atoms with Crippen LogP contribution in [0.5, 0.6) is 0 Å². The molecule has 1 aromatic carbocycles. The van der Waals surface area contributed by atoms with Gasteiger partial charge in [-0.05, 0) is 36.7 Å². The molecule has 2 nitrogen and oxygen atoms in total. The Morgan fingerprint density at radius 1 is 1.21 bits per heavy atom. The average molecular weight is 190 g/mol. The second kappa shape index (κ2) is 3.62. The topological polar surface area (TPSA) is 6.48 Å². The van der Waals surface area contributed by atoms with E-state index in [4.69, 9.17) is 0 Å². The molecule has 0 saturated carbocycles. The Morgan fingerprint density at radius 2 is 2.00 bits per heavy atom. The van der Waals surface area contributed by atoms with Crippen molar-refractivity contribution in [3.63, 3.8) is 0 Å². The average Bonchev–Trinajstić information content (AvgIpc) is 2.16. The molecule has 76 valence electrons. The van der Waals surface area contributed by atoms with Crippen LogP contribution in [0.2, 0.25) is 0 Å². The van der Waals surface area contributed by atoms with Crippen molar-refractivity contribution in [1.29, 1.82) is 0 Å². The predicted octanol–water partition coefficient (Wildman–Crippen LogP) is 1.74. The Labute approximate surface area is 86.1 Å². The van der Waals surface area contributed by atoms with E-state index in [1.54, 1.807) is 0 Å². The third-order valence-electron chi connectivity index (χ3n) is 2.91. The maximum Gasteiger partial charge on any atom is 0.0364 e. The molecule has 0 aliphatic carbocycles. The van der Waals surface area contributed by atoms with Crippen LogP contribution in [-0.2, 0) is 13.0 Å². The summed E-state index contributed by atoms with van der Waals surface area (Å²) in [6.07, 6.45) is 1.19. The Balaban J connectivity index is 2.33. The summed E-state index contributed by atoms with van der Waals surface area (Å²) >= 11 is 0. The Kier molecular flexibility index (Phi) is 2.46. The monoisotopic (exact) mass is 190 g/mol. The van der Waals surface area contributed by atoms with Gasteiger partial charge in [0, 0.05) is 32.9 Å². The van der Waals surface area contributed by atoms with E-state index in [2.05, 4.69) is 49.1 Å². The van der Waals surface area contributed by atoms with Gasteiger partial charge in [0.2, 0.25) is 0 Å². The maximum atomic E-state index is 2.38. The highest BCUT2D eigenvalue weighted by molar-refractivity contribution is 5.50. The largest absolute Gasteiger partial charge is 0.378 e. The van der Waals surface area contributed by atoms with Gasteiger partial charge in [-0.3, -0.25) is 0 Å². The number of nitrogens with zero attached hydrogens (tertiary/aromatic N) is 2. The summed E-state index contributed by atoms with van der Waals surface area (Å²) in [5.74, 6) is 0. The Hall–Kier alpha value is -1.02. The summed E-state index contributed by atoms with van der Waals surface area (Å²) in [6, 6.07) is 6.80. The number of hydrogen-bond donors (Lipinski definition) is 0. The molecule has 1 heterocycles. The van der Waals surface area contributed by atoms with Gasteiger partial charge < -0.3 is 9.80 Å². The summed E-state index contributed by atoms with van der Waals surface area (Å²) in [4.78, 5) is 4.54. The van der Waals surface area contributed by atoms with Gasteiger partial charge in [0.05, 0.1) is 0 Å². The van der Waals surface area contributed by atoms with Gasteiger partial charge >= 0.3 is 0 Å². The molecular weight excluding hydrogens is 172 g/mol. The maximum absolute atomic E-state index is 2.38. The molecule has 1 aromatic rings. The second-order valence-corrected chi connectivity index (χ2v) is 4.34. The first-order valence-electron chi connectivity index (χ1n) is 5.14. The zero-order valence-corrected chi connectivity index (χ0v) is 9.25. The molecule has 0 atom stereocenters. The summed E-state index contributed by atoms with van der Waals surface area (Å²) in [5.41, 5.74) is 4.32. The molecule has 0 fully saturated rings. The number of fused-ring (bicyclic) bond motifs is 1. The first-order valence-corrected chi connectivity index (χ1v) is 5.14. The van der Waals surface area contributed by atoms with Crippen molar-refractivity contribution in [2.45, 2.75) is 13.0 Å². The lowest BCUT2D eigenvalue weighted by Crippen LogP contribution is -2.26. The van der Waals surface area contributed by atoms with E-state index in [0.29, 0.717) is 0 Å². The minimum Gasteiger partial charge on any atom is -0.378 e. The number of benzene rings is 1. The number of rotatable bonds is 1. The molecule has 2 heteroatoms. The Bertz CT molecular complexity index is 331. The molecule has 0 N–H and O–H groups in total. The van der Waals surface area contributed by atoms with Crippen LogP contribution < -0.4 is 4.90 Å². The fourth-order valence-electron chi connectivity index (χ4n) is 1.96. The molecule has 1 aliphatic heterocycles. The Morgan fingerprint density at radius 3 is 2.71 bits per heavy atom. The first-order chi connectivity index (χ1) is 6.66. The SMILES string of the molecule is CN1CCc2ccc(N(C)C)cc2C1. The van der Waals surface area contributed by atoms with E-state index in [0.717, 1.165) is 6.54 Å². The third kappa shape index (κ3) is 1.75. The van der Waals surface area contributed by atoms with E-state index in [-0.39, 0.29) is 0 Å². The molecule has 2 rings (SSSR count). The molecular formula is C12H18N2. The van der Waals surface area contributed by atoms with Crippen molar-refractivity contribution in [3.05, 3.63) is 29.3 Å². The van der Waals surface area contributed by atoms with Gasteiger partial charge in [0.15, 0.2) is 0 Å². The lowest BCUT2D eigenvalue weighted by molar-refractivity contribution is 0.313. The minimum atomic E-state index is 1.09. The minimum absolute atomic E-state index is 1.09. The van der Waals surface area contributed by atoms with Gasteiger partial charge in [-0.25, -0.2) is 0 Å². The van der Waals surface area contributed by atoms with Crippen molar-refractivity contribution in [1.82, 2.24) is 4.90 Å². The summed E-state index contributed by atoms with van der Waals surface area (Å²) in [7, 11) is 6.37. The molecule has 0 saturated heterocycles. The van der Waals surface area contributed by atoms with Crippen LogP contribution in [0.1, 0.15) is 11.1 Å². The normalized spacial score (nSPS) is 16.5. The first kappa shape index (κ1) is 9.53. The van der Waals surface area contributed by atoms with E-state index in [9.17, 15) is 0 Å². The highest BCUT2D eigenvalue weighted by Gasteiger charge is 2.13. The zero-order chi connectivity index (χ0) is 10.1. The van der Waals surface area contributed by atoms with E-state index < -0.39 is 0 Å². The van der Waals surface area contributed by atoms with Crippen molar-refractivity contribution < 1.29 is 0 Å². The van der Waals surface area contributed by atoms with E-state index in [1.165, 1.54) is 29.8 Å². The van der Waals surface area contributed by atoms with Crippen LogP contribution >= 0.6 is 0 Å². The third-order valence-corrected chi connectivity index (χ3v) is 2.91. The van der Waals surface area contributed by atoms with Crippen molar-refractivity contribution in [2.75, 3.05) is 32.6 Å². The van der Waals surface area contributed by atoms with E-state index in [1.807, 2.05) is 0 Å². The highest BCUT2D eigenvalue weighted by Crippen LogP contribution is 2.22. The molecule has 14 heavy (non-hydrogen) atoms. The van der Waals surface area contributed by atoms with Crippen LogP contribution in [0.4, 0.5) is 5.69 Å². The summed E-state index contributed by atoms with van der Waals surface area (Å²) in [5, 5.41) is 0. The number of anilines is 1. The highest BCUT2D eigenvalue weighted by atomic mass is 15.1. The lowest BCUT2D eigenvalue weighted by atomic mass is 9.99. The van der Waals surface area contributed by atoms with Gasteiger partial charge in [-0.1, -0.05) is 6.07 Å². The van der Waals surface area contributed by atoms with Crippen LogP contribution in [0.15, 0.2) is 18.2 Å². The van der Waals surface area contributed by atoms with Crippen molar-refractivity contribution >= 4 is 5.69 Å².